The molecule has 0 radical (unpaired) electrons. The zero-order valence-corrected chi connectivity index (χ0v) is 19.3. The molecule has 0 bridgehead atoms. The van der Waals surface area contributed by atoms with Crippen LogP contribution in [0.1, 0.15) is 73.3 Å². The number of nitrogens with zero attached hydrogens (tertiary/aromatic N) is 1. The first-order valence-corrected chi connectivity index (χ1v) is 11.1. The van der Waals surface area contributed by atoms with Crippen molar-refractivity contribution >= 4 is 29.3 Å². The summed E-state index contributed by atoms with van der Waals surface area (Å²) in [6, 6.07) is 2.23. The minimum absolute atomic E-state index is 0.207. The lowest BCUT2D eigenvalue weighted by atomic mass is 9.80. The normalized spacial score (nSPS) is 27.1. The van der Waals surface area contributed by atoms with Crippen molar-refractivity contribution < 1.29 is 18.8 Å². The van der Waals surface area contributed by atoms with Crippen molar-refractivity contribution in [2.75, 3.05) is 13.1 Å². The molecule has 0 saturated carbocycles. The molecule has 2 aliphatic rings. The van der Waals surface area contributed by atoms with Crippen LogP contribution in [0.25, 0.3) is 0 Å². The molecule has 2 aliphatic heterocycles. The van der Waals surface area contributed by atoms with Crippen LogP contribution in [0, 0.1) is 5.92 Å². The number of hydrogen-bond acceptors (Lipinski definition) is 5. The van der Waals surface area contributed by atoms with E-state index in [9.17, 15) is 4.79 Å². The molecule has 3 heterocycles. The van der Waals surface area contributed by atoms with Crippen molar-refractivity contribution in [1.29, 1.82) is 0 Å². The van der Waals surface area contributed by atoms with Gasteiger partial charge in [0.15, 0.2) is 0 Å². The van der Waals surface area contributed by atoms with Gasteiger partial charge < -0.3 is 18.9 Å². The lowest BCUT2D eigenvalue weighted by Gasteiger charge is -2.37. The molecule has 5 nitrogen and oxygen atoms in total. The van der Waals surface area contributed by atoms with Gasteiger partial charge in [-0.2, -0.15) is 11.3 Å². The first-order valence-electron chi connectivity index (χ1n) is 10.2. The van der Waals surface area contributed by atoms with Crippen LogP contribution >= 0.6 is 11.3 Å². The van der Waals surface area contributed by atoms with Crippen LogP contribution in [0.5, 0.6) is 0 Å². The number of piperidine rings is 1. The quantitative estimate of drug-likeness (QED) is 0.682. The number of rotatable bonds is 2. The molecule has 0 N–H and O–H groups in total. The first kappa shape index (κ1) is 21.7. The standard InChI is InChI=1S/C21H34BNO4S/c1-14-12-23(18(24)25-19(2,3)4)10-9-16(14)15-11-17(28-13-15)22-26-20(5,6)21(7,8)27-22/h11,13-14,16H,9-10,12H2,1-8H3. The van der Waals surface area contributed by atoms with Crippen molar-refractivity contribution in [3.05, 3.63) is 17.0 Å². The molecule has 1 aromatic heterocycles. The fraction of sp³-hybridized carbons (Fsp3) is 0.762. The van der Waals surface area contributed by atoms with Crippen LogP contribution in [0.3, 0.4) is 0 Å². The molecule has 2 fully saturated rings. The Hall–Kier alpha value is -1.05. The summed E-state index contributed by atoms with van der Waals surface area (Å²) in [6.07, 6.45) is 0.737. The second-order valence-corrected chi connectivity index (χ2v) is 11.1. The third-order valence-corrected chi connectivity index (χ3v) is 7.08. The molecule has 0 aromatic carbocycles. The Balaban J connectivity index is 1.64. The molecule has 7 heteroatoms. The summed E-state index contributed by atoms with van der Waals surface area (Å²) in [4.78, 5) is 14.2. The first-order chi connectivity index (χ1) is 12.8. The van der Waals surface area contributed by atoms with Crippen molar-refractivity contribution in [3.8, 4) is 0 Å². The summed E-state index contributed by atoms with van der Waals surface area (Å²) in [6.45, 7) is 17.7. The van der Waals surface area contributed by atoms with Crippen molar-refractivity contribution in [1.82, 2.24) is 4.90 Å². The highest BCUT2D eigenvalue weighted by molar-refractivity contribution is 7.20. The lowest BCUT2D eigenvalue weighted by Crippen LogP contribution is -2.44. The van der Waals surface area contributed by atoms with E-state index >= 15 is 0 Å². The third-order valence-electron chi connectivity index (χ3n) is 6.11. The maximum absolute atomic E-state index is 12.4. The SMILES string of the molecule is CC1CN(C(=O)OC(C)(C)C)CCC1c1csc(B2OC(C)(C)C(C)(C)O2)c1. The van der Waals surface area contributed by atoms with Gasteiger partial charge >= 0.3 is 13.2 Å². The highest BCUT2D eigenvalue weighted by atomic mass is 32.1. The van der Waals surface area contributed by atoms with Gasteiger partial charge in [0.1, 0.15) is 5.60 Å². The number of carbonyl (C=O) groups excluding carboxylic acids is 1. The number of hydrogen-bond donors (Lipinski definition) is 0. The molecule has 2 unspecified atom stereocenters. The summed E-state index contributed by atoms with van der Waals surface area (Å²) in [7, 11) is -0.305. The summed E-state index contributed by atoms with van der Waals surface area (Å²) in [5, 5.41) is 2.23. The van der Waals surface area contributed by atoms with Gasteiger partial charge in [-0.15, -0.1) is 0 Å². The average molecular weight is 407 g/mol. The fourth-order valence-electron chi connectivity index (χ4n) is 3.78. The second-order valence-electron chi connectivity index (χ2n) is 10.2. The van der Waals surface area contributed by atoms with Crippen LogP contribution in [-0.4, -0.2) is 48.0 Å². The topological polar surface area (TPSA) is 48.0 Å². The minimum Gasteiger partial charge on any atom is -0.444 e. The Bertz CT molecular complexity index is 708. The maximum Gasteiger partial charge on any atom is 0.505 e. The number of thiophene rings is 1. The van der Waals surface area contributed by atoms with Crippen molar-refractivity contribution in [2.45, 2.75) is 84.5 Å². The van der Waals surface area contributed by atoms with Crippen LogP contribution in [0.4, 0.5) is 4.79 Å². The molecule has 0 aliphatic carbocycles. The molecule has 0 spiro atoms. The van der Waals surface area contributed by atoms with Gasteiger partial charge in [0.25, 0.3) is 0 Å². The third kappa shape index (κ3) is 4.41. The largest absolute Gasteiger partial charge is 0.505 e. The summed E-state index contributed by atoms with van der Waals surface area (Å²) < 4.78 is 19.0. The average Bonchev–Trinajstić information content (AvgIpc) is 3.08. The van der Waals surface area contributed by atoms with Gasteiger partial charge in [-0.3, -0.25) is 0 Å². The van der Waals surface area contributed by atoms with E-state index in [-0.39, 0.29) is 24.4 Å². The van der Waals surface area contributed by atoms with Crippen LogP contribution < -0.4 is 4.78 Å². The van der Waals surface area contributed by atoms with Crippen molar-refractivity contribution in [3.63, 3.8) is 0 Å². The highest BCUT2D eigenvalue weighted by Gasteiger charge is 2.52. The van der Waals surface area contributed by atoms with E-state index in [4.69, 9.17) is 14.0 Å². The number of amides is 1. The summed E-state index contributed by atoms with van der Waals surface area (Å²) in [5.41, 5.74) is 0.218. The maximum atomic E-state index is 12.4. The second kappa shape index (κ2) is 7.33. The zero-order valence-electron chi connectivity index (χ0n) is 18.5. The van der Waals surface area contributed by atoms with E-state index in [0.717, 1.165) is 24.3 Å². The highest BCUT2D eigenvalue weighted by Crippen LogP contribution is 2.38. The van der Waals surface area contributed by atoms with Gasteiger partial charge in [0.2, 0.25) is 0 Å². The number of likely N-dealkylation sites (tertiary alicyclic amines) is 1. The van der Waals surface area contributed by atoms with Gasteiger partial charge in [-0.25, -0.2) is 4.79 Å². The van der Waals surface area contributed by atoms with E-state index in [1.165, 1.54) is 5.56 Å². The van der Waals surface area contributed by atoms with Gasteiger partial charge in [0, 0.05) is 17.9 Å². The molecule has 28 heavy (non-hydrogen) atoms. The predicted molar refractivity (Wildman–Crippen MR) is 114 cm³/mol. The molecule has 3 rings (SSSR count). The van der Waals surface area contributed by atoms with E-state index in [2.05, 4.69) is 46.1 Å². The smallest absolute Gasteiger partial charge is 0.444 e. The molecular formula is C21H34BNO4S. The molecule has 1 amide bonds. The Labute approximate surface area is 173 Å². The Morgan fingerprint density at radius 3 is 2.39 bits per heavy atom. The van der Waals surface area contributed by atoms with Gasteiger partial charge in [-0.05, 0) is 83.7 Å². The van der Waals surface area contributed by atoms with Gasteiger partial charge in [-0.1, -0.05) is 6.92 Å². The Morgan fingerprint density at radius 2 is 1.86 bits per heavy atom. The molecule has 1 aromatic rings. The van der Waals surface area contributed by atoms with E-state index in [1.54, 1.807) is 11.3 Å². The van der Waals surface area contributed by atoms with Gasteiger partial charge in [0.05, 0.1) is 11.2 Å². The summed E-state index contributed by atoms with van der Waals surface area (Å²) >= 11 is 1.70. The zero-order chi connectivity index (χ0) is 20.9. The van der Waals surface area contributed by atoms with Crippen LogP contribution in [-0.2, 0) is 14.0 Å². The molecule has 2 atom stereocenters. The predicted octanol–water partition coefficient (Wildman–Crippen LogP) is 4.41. The Kier molecular flexibility index (Phi) is 5.67. The van der Waals surface area contributed by atoms with E-state index in [1.807, 2.05) is 25.7 Å². The number of ether oxygens (including phenoxy) is 1. The van der Waals surface area contributed by atoms with Crippen LogP contribution in [0.2, 0.25) is 0 Å². The molecule has 156 valence electrons. The minimum atomic E-state index is -0.456. The number of carbonyl (C=O) groups is 1. The fourth-order valence-corrected chi connectivity index (χ4v) is 4.71. The van der Waals surface area contributed by atoms with Crippen LogP contribution in [0.15, 0.2) is 11.4 Å². The summed E-state index contributed by atoms with van der Waals surface area (Å²) in [5.74, 6) is 0.813. The monoisotopic (exact) mass is 407 g/mol. The molecular weight excluding hydrogens is 373 g/mol. The Morgan fingerprint density at radius 1 is 1.25 bits per heavy atom. The van der Waals surface area contributed by atoms with E-state index < -0.39 is 5.60 Å². The van der Waals surface area contributed by atoms with E-state index in [0.29, 0.717) is 11.8 Å². The lowest BCUT2D eigenvalue weighted by molar-refractivity contribution is 0.00578. The van der Waals surface area contributed by atoms with Crippen molar-refractivity contribution in [2.24, 2.45) is 5.92 Å². The molecule has 2 saturated heterocycles.